The summed E-state index contributed by atoms with van der Waals surface area (Å²) in [4.78, 5) is 23.8. The summed E-state index contributed by atoms with van der Waals surface area (Å²) in [6.45, 7) is 0.126. The van der Waals surface area contributed by atoms with Crippen LogP contribution in [0.3, 0.4) is 0 Å². The van der Waals surface area contributed by atoms with Gasteiger partial charge >= 0.3 is 5.97 Å². The molecule has 1 unspecified atom stereocenters. The molecule has 1 saturated heterocycles. The summed E-state index contributed by atoms with van der Waals surface area (Å²) < 4.78 is 37.1. The lowest BCUT2D eigenvalue weighted by atomic mass is 9.98. The fraction of sp³-hybridized carbons (Fsp3) is 0.294. The van der Waals surface area contributed by atoms with Crippen molar-refractivity contribution >= 4 is 21.9 Å². The lowest BCUT2D eigenvalue weighted by Gasteiger charge is -2.23. The minimum atomic E-state index is -3.78. The Morgan fingerprint density at radius 2 is 1.93 bits per heavy atom. The number of amides is 1. The van der Waals surface area contributed by atoms with Crippen LogP contribution in [-0.2, 0) is 26.1 Å². The van der Waals surface area contributed by atoms with Crippen molar-refractivity contribution in [2.75, 3.05) is 13.2 Å². The van der Waals surface area contributed by atoms with Crippen LogP contribution < -0.4 is 10.0 Å². The van der Waals surface area contributed by atoms with Gasteiger partial charge in [-0.05, 0) is 36.4 Å². The molecule has 10 heteroatoms. The largest absolute Gasteiger partial charge is 0.479 e. The number of benzene rings is 1. The summed E-state index contributed by atoms with van der Waals surface area (Å²) in [6, 6.07) is 8.48. The van der Waals surface area contributed by atoms with Crippen molar-refractivity contribution < 1.29 is 32.3 Å². The molecule has 1 aromatic carbocycles. The van der Waals surface area contributed by atoms with Gasteiger partial charge in [0, 0.05) is 18.6 Å². The fourth-order valence-electron chi connectivity index (χ4n) is 2.62. The maximum atomic E-state index is 12.3. The molecule has 1 aliphatic heterocycles. The first-order valence-corrected chi connectivity index (χ1v) is 9.56. The van der Waals surface area contributed by atoms with Crippen LogP contribution >= 0.6 is 0 Å². The van der Waals surface area contributed by atoms with E-state index < -0.39 is 27.4 Å². The highest BCUT2D eigenvalue weighted by Gasteiger charge is 2.44. The minimum absolute atomic E-state index is 0.00129. The normalized spacial score (nSPS) is 19.7. The van der Waals surface area contributed by atoms with Crippen LogP contribution in [0.2, 0.25) is 0 Å². The van der Waals surface area contributed by atoms with Crippen molar-refractivity contribution in [2.24, 2.45) is 0 Å². The molecule has 9 nitrogen and oxygen atoms in total. The first-order chi connectivity index (χ1) is 12.8. The molecule has 2 aromatic rings. The zero-order valence-corrected chi connectivity index (χ0v) is 15.0. The molecule has 3 rings (SSSR count). The van der Waals surface area contributed by atoms with E-state index in [9.17, 15) is 23.1 Å². The van der Waals surface area contributed by atoms with Crippen molar-refractivity contribution in [3.8, 4) is 0 Å². The second kappa shape index (κ2) is 7.51. The van der Waals surface area contributed by atoms with Crippen LogP contribution in [0.4, 0.5) is 0 Å². The Bertz CT molecular complexity index is 915. The molecule has 27 heavy (non-hydrogen) atoms. The summed E-state index contributed by atoms with van der Waals surface area (Å²) in [7, 11) is -3.78. The molecule has 3 N–H and O–H groups in total. The molecule has 0 radical (unpaired) electrons. The summed E-state index contributed by atoms with van der Waals surface area (Å²) >= 11 is 0. The Morgan fingerprint density at radius 3 is 2.48 bits per heavy atom. The molecule has 2 heterocycles. The minimum Gasteiger partial charge on any atom is -0.479 e. The third kappa shape index (κ3) is 4.18. The van der Waals surface area contributed by atoms with Crippen LogP contribution in [0.15, 0.2) is 52.0 Å². The van der Waals surface area contributed by atoms with Gasteiger partial charge in [-0.15, -0.1) is 0 Å². The molecule has 0 aliphatic carbocycles. The highest BCUT2D eigenvalue weighted by molar-refractivity contribution is 7.89. The molecular weight excluding hydrogens is 376 g/mol. The number of nitrogens with one attached hydrogen (secondary N) is 2. The van der Waals surface area contributed by atoms with E-state index in [1.807, 2.05) is 0 Å². The van der Waals surface area contributed by atoms with Gasteiger partial charge < -0.3 is 19.6 Å². The van der Waals surface area contributed by atoms with E-state index in [-0.39, 0.29) is 36.6 Å². The molecule has 1 fully saturated rings. The van der Waals surface area contributed by atoms with Gasteiger partial charge in [-0.1, -0.05) is 0 Å². The van der Waals surface area contributed by atoms with Gasteiger partial charge in [-0.25, -0.2) is 17.9 Å². The van der Waals surface area contributed by atoms with Crippen LogP contribution in [0.25, 0.3) is 0 Å². The second-order valence-electron chi connectivity index (χ2n) is 6.07. The predicted octanol–water partition coefficient (Wildman–Crippen LogP) is 0.732. The van der Waals surface area contributed by atoms with E-state index in [0.29, 0.717) is 5.76 Å². The van der Waals surface area contributed by atoms with E-state index >= 15 is 0 Å². The SMILES string of the molecule is O=C(NC1(C(=O)O)CCOC1)c1ccc(S(=O)(=O)NCc2ccco2)cc1. The molecule has 1 aliphatic rings. The maximum absolute atomic E-state index is 12.3. The predicted molar refractivity (Wildman–Crippen MR) is 92.4 cm³/mol. The Balaban J connectivity index is 1.69. The van der Waals surface area contributed by atoms with Gasteiger partial charge in [0.25, 0.3) is 5.91 Å². The first-order valence-electron chi connectivity index (χ1n) is 8.08. The number of hydrogen-bond donors (Lipinski definition) is 3. The number of carboxylic acids is 1. The number of sulfonamides is 1. The quantitative estimate of drug-likeness (QED) is 0.630. The van der Waals surface area contributed by atoms with Crippen molar-refractivity contribution in [3.05, 3.63) is 54.0 Å². The van der Waals surface area contributed by atoms with Crippen molar-refractivity contribution in [1.29, 1.82) is 0 Å². The molecule has 1 amide bonds. The van der Waals surface area contributed by atoms with Gasteiger partial charge in [0.1, 0.15) is 5.76 Å². The third-order valence-corrected chi connectivity index (χ3v) is 5.64. The van der Waals surface area contributed by atoms with Gasteiger partial charge in [-0.2, -0.15) is 0 Å². The van der Waals surface area contributed by atoms with Gasteiger partial charge in [0.2, 0.25) is 10.0 Å². The monoisotopic (exact) mass is 394 g/mol. The highest BCUT2D eigenvalue weighted by atomic mass is 32.2. The average Bonchev–Trinajstić information content (AvgIpc) is 3.33. The number of carbonyl (C=O) groups excluding carboxylic acids is 1. The summed E-state index contributed by atoms with van der Waals surface area (Å²) in [6.07, 6.45) is 1.60. The van der Waals surface area contributed by atoms with Crippen LogP contribution in [0.1, 0.15) is 22.5 Å². The second-order valence-corrected chi connectivity index (χ2v) is 7.84. The maximum Gasteiger partial charge on any atom is 0.331 e. The number of furan rings is 1. The average molecular weight is 394 g/mol. The van der Waals surface area contributed by atoms with E-state index in [0.717, 1.165) is 0 Å². The smallest absolute Gasteiger partial charge is 0.331 e. The molecule has 144 valence electrons. The number of rotatable bonds is 7. The molecule has 1 aromatic heterocycles. The van der Waals surface area contributed by atoms with Crippen LogP contribution in [0.5, 0.6) is 0 Å². The highest BCUT2D eigenvalue weighted by Crippen LogP contribution is 2.20. The number of ether oxygens (including phenoxy) is 1. The Morgan fingerprint density at radius 1 is 1.19 bits per heavy atom. The zero-order valence-electron chi connectivity index (χ0n) is 14.2. The number of carboxylic acid groups (broad SMARTS) is 1. The van der Waals surface area contributed by atoms with E-state index in [1.54, 1.807) is 12.1 Å². The standard InChI is InChI=1S/C17H18N2O7S/c20-15(19-17(16(21)22)7-9-25-11-17)12-3-5-14(6-4-12)27(23,24)18-10-13-2-1-8-26-13/h1-6,8,18H,7,9-11H2,(H,19,20)(H,21,22). The first kappa shape index (κ1) is 19.1. The number of aliphatic carboxylic acids is 1. The van der Waals surface area contributed by atoms with E-state index in [1.165, 1.54) is 30.5 Å². The van der Waals surface area contributed by atoms with Crippen molar-refractivity contribution in [2.45, 2.75) is 23.4 Å². The Hall–Kier alpha value is -2.69. The summed E-state index contributed by atoms with van der Waals surface area (Å²) in [5.41, 5.74) is -1.32. The molecule has 0 bridgehead atoms. The molecule has 0 spiro atoms. The van der Waals surface area contributed by atoms with Gasteiger partial charge in [0.15, 0.2) is 5.54 Å². The van der Waals surface area contributed by atoms with Crippen molar-refractivity contribution in [3.63, 3.8) is 0 Å². The third-order valence-electron chi connectivity index (χ3n) is 4.23. The Labute approximate surface area is 155 Å². The summed E-state index contributed by atoms with van der Waals surface area (Å²) in [5, 5.41) is 11.8. The van der Waals surface area contributed by atoms with Crippen molar-refractivity contribution in [1.82, 2.24) is 10.0 Å². The molecule has 0 saturated carbocycles. The Kier molecular flexibility index (Phi) is 5.31. The van der Waals surface area contributed by atoms with Gasteiger partial charge in [0.05, 0.1) is 24.3 Å². The number of carbonyl (C=O) groups is 2. The van der Waals surface area contributed by atoms with Crippen LogP contribution in [0, 0.1) is 0 Å². The topological polar surface area (TPSA) is 135 Å². The summed E-state index contributed by atoms with van der Waals surface area (Å²) in [5.74, 6) is -1.32. The van der Waals surface area contributed by atoms with Gasteiger partial charge in [-0.3, -0.25) is 4.79 Å². The van der Waals surface area contributed by atoms with E-state index in [4.69, 9.17) is 9.15 Å². The lowest BCUT2D eigenvalue weighted by molar-refractivity contribution is -0.144. The van der Waals surface area contributed by atoms with Crippen LogP contribution in [-0.4, -0.2) is 44.2 Å². The molecule has 1 atom stereocenters. The number of hydrogen-bond acceptors (Lipinski definition) is 6. The zero-order chi connectivity index (χ0) is 19.5. The van der Waals surface area contributed by atoms with E-state index in [2.05, 4.69) is 10.0 Å². The fourth-order valence-corrected chi connectivity index (χ4v) is 3.62. The lowest BCUT2D eigenvalue weighted by Crippen LogP contribution is -2.55. The molecular formula is C17H18N2O7S.